The quantitative estimate of drug-likeness (QED) is 0.0107. The lowest BCUT2D eigenvalue weighted by atomic mass is 9.81. The van der Waals surface area contributed by atoms with Crippen LogP contribution in [0.25, 0.3) is 0 Å². The van der Waals surface area contributed by atoms with Crippen LogP contribution in [0.5, 0.6) is 0 Å². The number of piperidine rings is 1. The van der Waals surface area contributed by atoms with Crippen LogP contribution in [0.2, 0.25) is 0 Å². The van der Waals surface area contributed by atoms with Gasteiger partial charge in [-0.2, -0.15) is 0 Å². The highest BCUT2D eigenvalue weighted by atomic mass is 17.9. The van der Waals surface area contributed by atoms with E-state index in [4.69, 9.17) is 34.2 Å². The van der Waals surface area contributed by atoms with Gasteiger partial charge in [-0.25, -0.2) is 15.3 Å². The number of nitrogens with one attached hydrogen (secondary N) is 1. The number of hydrogen-bond donors (Lipinski definition) is 8. The molecule has 8 N–H and O–H groups in total. The lowest BCUT2D eigenvalue weighted by Gasteiger charge is -2.47. The molecule has 0 aromatic heterocycles. The van der Waals surface area contributed by atoms with Crippen molar-refractivity contribution in [2.24, 2.45) is 29.6 Å². The first-order chi connectivity index (χ1) is 57.2. The number of carbonyl (C=O) groups excluding carboxylic acids is 4. The number of rotatable bonds is 20. The van der Waals surface area contributed by atoms with E-state index in [-0.39, 0.29) is 95.5 Å². The van der Waals surface area contributed by atoms with Crippen LogP contribution in [0.15, 0.2) is 23.3 Å². The third-order valence-electron chi connectivity index (χ3n) is 16.2. The Morgan fingerprint density at radius 1 is 0.559 bits per heavy atom. The van der Waals surface area contributed by atoms with Crippen LogP contribution in [-0.4, -0.2) is 160 Å². The fourth-order valence-corrected chi connectivity index (χ4v) is 11.1. The van der Waals surface area contributed by atoms with Crippen LogP contribution in [-0.2, 0) is 103 Å². The summed E-state index contributed by atoms with van der Waals surface area (Å²) in [7, 11) is 4.53. The number of amides is 1. The molecule has 1 amide bonds. The van der Waals surface area contributed by atoms with Gasteiger partial charge >= 0.3 is 5.97 Å². The average Bonchev–Trinajstić information content (AvgIpc) is 0.781. The van der Waals surface area contributed by atoms with E-state index in [2.05, 4.69) is 309 Å². The fourth-order valence-electron chi connectivity index (χ4n) is 11.1. The zero-order valence-corrected chi connectivity index (χ0v) is 65.6. The molecule has 30 nitrogen and oxygen atoms in total. The minimum absolute atomic E-state index is 0. The van der Waals surface area contributed by atoms with Crippen molar-refractivity contribution >= 4 is 23.4 Å². The van der Waals surface area contributed by atoms with Crippen LogP contribution in [0.4, 0.5) is 0 Å². The molecular weight excluding hydrogens is 1530 g/mol. The van der Waals surface area contributed by atoms with Crippen molar-refractivity contribution < 1.29 is 185 Å². The van der Waals surface area contributed by atoms with Gasteiger partial charge < -0.3 is 54.1 Å². The van der Waals surface area contributed by atoms with Crippen LogP contribution >= 0.6 is 0 Å². The van der Waals surface area contributed by atoms with Crippen LogP contribution < -0.4 is 5.64 Å². The van der Waals surface area contributed by atoms with Gasteiger partial charge in [-0.3, -0.25) is 14.4 Å². The minimum atomic E-state index is -2.55. The van der Waals surface area contributed by atoms with Gasteiger partial charge in [0.1, 0.15) is 24.0 Å². The molecule has 118 heavy (non-hydrogen) atoms. The maximum Gasteiger partial charge on any atom is 0.329 e. The number of cyclic esters (lactones) is 1. The van der Waals surface area contributed by atoms with Gasteiger partial charge in [0.25, 0.3) is 11.7 Å². The van der Waals surface area contributed by atoms with E-state index in [9.17, 15) is 44.7 Å². The van der Waals surface area contributed by atoms with E-state index < -0.39 is 103 Å². The van der Waals surface area contributed by atoms with Crippen molar-refractivity contribution in [2.75, 3.05) is 34.5 Å². The van der Waals surface area contributed by atoms with Gasteiger partial charge in [0.15, 0.2) is 0 Å². The van der Waals surface area contributed by atoms with Crippen molar-refractivity contribution in [3.05, 3.63) is 23.3 Å². The second-order valence-corrected chi connectivity index (χ2v) is 24.3. The maximum absolute atomic E-state index is 14.3. The number of hydrogen-bond acceptors (Lipinski definition) is 29. The molecule has 0 spiro atoms. The van der Waals surface area contributed by atoms with Crippen molar-refractivity contribution in [1.29, 1.82) is 0 Å². The Balaban J connectivity index is -0.0000000489. The largest absolute Gasteiger partial charge is 0.456 e. The second-order valence-electron chi connectivity index (χ2n) is 24.3. The Bertz CT molecular complexity index is 4840. The number of ketones is 2. The first-order valence-corrected chi connectivity index (χ1v) is 35.2. The number of methoxy groups -OCH3 is 3. The molecule has 2 bridgehead atoms. The number of ether oxygens (including phenoxy) is 5. The molecule has 674 valence electrons. The summed E-state index contributed by atoms with van der Waals surface area (Å²) in [5, 5.41) is 102. The zero-order chi connectivity index (χ0) is 86.7. The number of fused-ring (bicyclic) bond motifs is 3. The molecule has 1 saturated carbocycles. The molecule has 4 aliphatic rings. The summed E-state index contributed by atoms with van der Waals surface area (Å²) in [6.07, 6.45) is 0.418. The molecule has 3 fully saturated rings. The summed E-state index contributed by atoms with van der Waals surface area (Å²) in [4.78, 5) is 65.3. The molecule has 1 unspecified atom stereocenters. The Morgan fingerprint density at radius 2 is 0.966 bits per heavy atom. The topological polar surface area (TPSA) is 382 Å². The molecule has 0 aromatic carbocycles. The fraction of sp³-hybridized carbons (Fsp3) is 0.432. The van der Waals surface area contributed by atoms with Crippen molar-refractivity contribution in [1.82, 2.24) is 10.5 Å². The van der Waals surface area contributed by atoms with E-state index in [0.29, 0.717) is 50.5 Å². The molecule has 2 saturated heterocycles. The third kappa shape index (κ3) is 43.9. The van der Waals surface area contributed by atoms with Crippen molar-refractivity contribution in [3.8, 4) is 249 Å². The van der Waals surface area contributed by atoms with Crippen LogP contribution in [0.3, 0.4) is 0 Å². The Morgan fingerprint density at radius 3 is 1.36 bits per heavy atom. The zero-order valence-electron chi connectivity index (χ0n) is 65.6. The Kier molecular flexibility index (Phi) is 55.8. The van der Waals surface area contributed by atoms with Gasteiger partial charge in [-0.05, 0) is 260 Å². The summed E-state index contributed by atoms with van der Waals surface area (Å²) in [5.41, 5.74) is 2.78. The predicted molar refractivity (Wildman–Crippen MR) is 479 cm³/mol. The number of aliphatic hydroxyl groups is 5. The Hall–Kier alpha value is -12.4. The van der Waals surface area contributed by atoms with Crippen molar-refractivity contribution in [3.63, 3.8) is 0 Å². The molecule has 3 heterocycles. The molecule has 4 rings (SSSR count). The summed E-state index contributed by atoms with van der Waals surface area (Å²) in [6, 6.07) is -1.19. The first-order valence-electron chi connectivity index (χ1n) is 35.2. The molecule has 1 aliphatic carbocycles. The number of esters is 1. The summed E-state index contributed by atoms with van der Waals surface area (Å²) >= 11 is 0. The number of carbonyl (C=O) groups is 4. The van der Waals surface area contributed by atoms with E-state index in [0.717, 1.165) is 10.5 Å². The molecule has 0 aromatic rings. The highest BCUT2D eigenvalue weighted by Gasteiger charge is 2.57. The van der Waals surface area contributed by atoms with Gasteiger partial charge in [0.05, 0.1) is 43.2 Å². The Labute approximate surface area is 733 Å². The predicted octanol–water partition coefficient (Wildman–Crippen LogP) is 10.5. The summed E-state index contributed by atoms with van der Waals surface area (Å²) in [6.45, 7) is 11.8. The van der Waals surface area contributed by atoms with E-state index in [1.54, 1.807) is 40.7 Å². The van der Waals surface area contributed by atoms with E-state index >= 15 is 0 Å². The van der Waals surface area contributed by atoms with Gasteiger partial charge in [-0.1, -0.05) is 60.3 Å². The van der Waals surface area contributed by atoms with Crippen molar-refractivity contribution in [2.45, 2.75) is 180 Å². The van der Waals surface area contributed by atoms with Gasteiger partial charge in [-0.15, -0.1) is 0 Å². The number of allylic oxidation sites excluding steroid dienone is 3. The normalized spacial score (nSPS) is 23.2. The number of Topliss-reactive ketones (excluding diaryl/α,β-unsaturated/α-hetero) is 2. The standard InChI is InChI=1S/C44H71NO14.C44H6.H3NO14.32H2/c1-24-15-25(2)17-37(56-7)40-38(57-8)19-27(4)44(54,59-40)41(51)42(52)45-14-10-9-11-32(45)43(53)58-39(26(3)18-29-12-13-33(48)36(20-29)55-6)28(5)34(49)22-35(50)30(16-24)21-31(47)23-46;1-3-5-7-9-11-13-15-17-19-21-23-25-27-29-31-33-35-37-39-41-43-44-42-40-38-36-34-32-30-28-26-24-22-20-18-16-14-12-10-8-6-4-2;2-6-10-14-12-8-4-1-5-9-13-15-11-7-3;;;;;;;;;;;;;;;;;;;;;;;;;;;;;;;;/h16,18,25,27-34,36-40,46-49,54H,9-15,17,19-23H2,1-8H3;1-2H3;1-3H;32*1H/b24-16+,26-18+;;;;;;;;;;;;;;;;;;;;;;;;;;;;;;;;;;/t25-,27+,28+,29-,30-,31?,32-,33+,34-,36+,37-,38-,39+,40+,44+;;;;;;;;;;;;;;;;;;;;;;;;;;;;;;;;;;/m0................................../s1. The number of nitrogens with zero attached hydrogens (tertiary/aromatic N) is 1. The van der Waals surface area contributed by atoms with Crippen LogP contribution in [0, 0.1) is 278 Å². The monoisotopic (exact) mass is 1680 g/mol. The molecule has 30 heteroatoms. The van der Waals surface area contributed by atoms with Crippen LogP contribution in [0.1, 0.15) is 165 Å². The van der Waals surface area contributed by atoms with E-state index in [1.165, 1.54) is 27.0 Å². The molecular formula is C88H144N2O28. The summed E-state index contributed by atoms with van der Waals surface area (Å²) in [5.74, 6) is 97.0. The third-order valence-corrected chi connectivity index (χ3v) is 16.2. The van der Waals surface area contributed by atoms with Gasteiger partial charge in [0, 0.05) is 240 Å². The lowest BCUT2D eigenvalue weighted by Crippen LogP contribution is -2.64. The molecule has 0 radical (unpaired) electrons. The smallest absolute Gasteiger partial charge is 0.329 e. The highest BCUT2D eigenvalue weighted by Crippen LogP contribution is 2.39. The molecule has 15 atom stereocenters. The maximum atomic E-state index is 14.3. The highest BCUT2D eigenvalue weighted by molar-refractivity contribution is 6.39. The second kappa shape index (κ2) is 64.8. The number of aliphatic hydroxyl groups excluding tert-OH is 4. The average molecular weight is 1680 g/mol. The SMILES string of the molecule is CC#CC#CC#CC#CC#CC#CC#CC#CC#CC#CC#CC#CC#CC#CC#CC#CC#CC#CC#CC#CC#CC.CO[C@H]1C[C@@H](C)C/C(C)=C/[C@@H](CC(O)CO)C(=O)C[C@H](O)[C@@H](C)[C@@H](/C(C)=C/[C@@H]2CC[C@@H](O)[C@H](OC)C2)OC(=O)[C@@H]2CCCCN2C(=O)C(=O)[C@]2(O)O[C@H]1[C@@H](OC)C[C@H]2C.OOOOOOONOOOOOOO.[HH].[HH].[HH].[HH].[HH].[HH].[HH].[HH].[HH].[HH].[HH].[HH].[HH].[HH].[HH].[HH].[HH].[HH].[HH].[HH].[HH].[HH].[HH].[HH].[HH].[HH].[HH].[HH].[HH].[HH].[HH].[HH]. The summed E-state index contributed by atoms with van der Waals surface area (Å²) < 4.78 is 29.7. The van der Waals surface area contributed by atoms with E-state index in [1.807, 2.05) is 19.9 Å². The molecule has 3 aliphatic heterocycles. The van der Waals surface area contributed by atoms with Gasteiger partial charge in [0.2, 0.25) is 5.79 Å². The minimum Gasteiger partial charge on any atom is -0.456 e. The first kappa shape index (κ1) is 102. The lowest BCUT2D eigenvalue weighted by molar-refractivity contribution is -0.816.